The van der Waals surface area contributed by atoms with Crippen LogP contribution in [0.5, 0.6) is 11.5 Å². The van der Waals surface area contributed by atoms with E-state index in [-0.39, 0.29) is 0 Å². The van der Waals surface area contributed by atoms with Crippen molar-refractivity contribution in [2.45, 2.75) is 20.1 Å². The standard InChI is InChI=1S/C22H30N2O3/c1-18-4-3-5-20(14-18)17-27-21-7-6-19(15-22(21)25-2)16-23-8-9-24-10-12-26-13-11-24/h3-7,14-15,23H,8-13,16-17H2,1-2H3/p+2. The molecule has 1 saturated heterocycles. The number of ether oxygens (including phenoxy) is 3. The molecule has 3 N–H and O–H groups in total. The van der Waals surface area contributed by atoms with Crippen molar-refractivity contribution in [3.8, 4) is 11.5 Å². The molecule has 1 heterocycles. The van der Waals surface area contributed by atoms with Crippen molar-refractivity contribution in [3.63, 3.8) is 0 Å². The molecule has 5 heteroatoms. The fourth-order valence-electron chi connectivity index (χ4n) is 3.41. The normalized spacial score (nSPS) is 14.9. The SMILES string of the molecule is COc1cc(C[NH2+]CC[NH+]2CCOCC2)ccc1OCc1cccc(C)c1. The Bertz CT molecular complexity index is 714. The lowest BCUT2D eigenvalue weighted by Crippen LogP contribution is -3.16. The molecule has 0 aromatic heterocycles. The highest BCUT2D eigenvalue weighted by Gasteiger charge is 2.14. The summed E-state index contributed by atoms with van der Waals surface area (Å²) in [6, 6.07) is 14.6. The number of methoxy groups -OCH3 is 1. The third-order valence-corrected chi connectivity index (χ3v) is 4.99. The molecule has 27 heavy (non-hydrogen) atoms. The van der Waals surface area contributed by atoms with E-state index in [1.54, 1.807) is 12.0 Å². The summed E-state index contributed by atoms with van der Waals surface area (Å²) in [4.78, 5) is 1.65. The number of quaternary nitrogens is 2. The lowest BCUT2D eigenvalue weighted by atomic mass is 10.1. The van der Waals surface area contributed by atoms with E-state index in [0.717, 1.165) is 50.9 Å². The fraction of sp³-hybridized carbons (Fsp3) is 0.455. The predicted molar refractivity (Wildman–Crippen MR) is 105 cm³/mol. The molecular weight excluding hydrogens is 340 g/mol. The Hall–Kier alpha value is -2.08. The van der Waals surface area contributed by atoms with Crippen LogP contribution in [0.1, 0.15) is 16.7 Å². The molecule has 2 aromatic carbocycles. The fourth-order valence-corrected chi connectivity index (χ4v) is 3.41. The lowest BCUT2D eigenvalue weighted by molar-refractivity contribution is -0.920. The Morgan fingerprint density at radius 1 is 1.04 bits per heavy atom. The first-order valence-corrected chi connectivity index (χ1v) is 9.83. The minimum absolute atomic E-state index is 0.547. The van der Waals surface area contributed by atoms with Crippen LogP contribution in [0.4, 0.5) is 0 Å². The highest BCUT2D eigenvalue weighted by molar-refractivity contribution is 5.43. The van der Waals surface area contributed by atoms with Gasteiger partial charge < -0.3 is 24.4 Å². The van der Waals surface area contributed by atoms with Crippen molar-refractivity contribution < 1.29 is 24.4 Å². The van der Waals surface area contributed by atoms with E-state index >= 15 is 0 Å². The molecular formula is C22H32N2O3+2. The van der Waals surface area contributed by atoms with Gasteiger partial charge in [0.2, 0.25) is 0 Å². The van der Waals surface area contributed by atoms with Crippen LogP contribution in [-0.4, -0.2) is 46.5 Å². The third kappa shape index (κ3) is 6.24. The summed E-state index contributed by atoms with van der Waals surface area (Å²) in [7, 11) is 1.70. The molecule has 3 rings (SSSR count). The molecule has 0 aliphatic carbocycles. The summed E-state index contributed by atoms with van der Waals surface area (Å²) in [5.74, 6) is 1.59. The number of hydrogen-bond donors (Lipinski definition) is 2. The largest absolute Gasteiger partial charge is 0.493 e. The minimum atomic E-state index is 0.547. The van der Waals surface area contributed by atoms with Crippen LogP contribution >= 0.6 is 0 Å². The number of hydrogen-bond acceptors (Lipinski definition) is 3. The predicted octanol–water partition coefficient (Wildman–Crippen LogP) is 0.561. The van der Waals surface area contributed by atoms with Crippen molar-refractivity contribution in [2.75, 3.05) is 46.5 Å². The molecule has 0 atom stereocenters. The second-order valence-corrected chi connectivity index (χ2v) is 7.16. The molecule has 0 radical (unpaired) electrons. The summed E-state index contributed by atoms with van der Waals surface area (Å²) in [5, 5.41) is 2.37. The van der Waals surface area contributed by atoms with Gasteiger partial charge in [-0.15, -0.1) is 0 Å². The van der Waals surface area contributed by atoms with Crippen LogP contribution in [0.25, 0.3) is 0 Å². The van der Waals surface area contributed by atoms with Gasteiger partial charge in [0, 0.05) is 5.56 Å². The van der Waals surface area contributed by atoms with Gasteiger partial charge in [-0.2, -0.15) is 0 Å². The van der Waals surface area contributed by atoms with E-state index in [2.05, 4.69) is 48.6 Å². The van der Waals surface area contributed by atoms with Gasteiger partial charge in [0.25, 0.3) is 0 Å². The summed E-state index contributed by atoms with van der Waals surface area (Å²) in [6.45, 7) is 9.98. The average molecular weight is 373 g/mol. The molecule has 2 aromatic rings. The molecule has 1 aliphatic rings. The summed E-state index contributed by atoms with van der Waals surface area (Å²) < 4.78 is 16.9. The van der Waals surface area contributed by atoms with Crippen LogP contribution in [0, 0.1) is 6.92 Å². The first-order chi connectivity index (χ1) is 13.2. The van der Waals surface area contributed by atoms with E-state index in [9.17, 15) is 0 Å². The highest BCUT2D eigenvalue weighted by Crippen LogP contribution is 2.28. The number of rotatable bonds is 9. The molecule has 1 aliphatic heterocycles. The van der Waals surface area contributed by atoms with Crippen LogP contribution in [-0.2, 0) is 17.9 Å². The quantitative estimate of drug-likeness (QED) is 0.633. The van der Waals surface area contributed by atoms with E-state index < -0.39 is 0 Å². The van der Waals surface area contributed by atoms with Gasteiger partial charge in [-0.1, -0.05) is 29.8 Å². The van der Waals surface area contributed by atoms with Gasteiger partial charge in [0.1, 0.15) is 39.3 Å². The monoisotopic (exact) mass is 372 g/mol. The lowest BCUT2D eigenvalue weighted by Gasteiger charge is -2.22. The topological polar surface area (TPSA) is 48.7 Å². The third-order valence-electron chi connectivity index (χ3n) is 4.99. The van der Waals surface area contributed by atoms with Gasteiger partial charge in [0.15, 0.2) is 11.5 Å². The maximum Gasteiger partial charge on any atom is 0.161 e. The Morgan fingerprint density at radius 3 is 2.67 bits per heavy atom. The average Bonchev–Trinajstić information content (AvgIpc) is 2.71. The van der Waals surface area contributed by atoms with Gasteiger partial charge in [-0.05, 0) is 30.7 Å². The summed E-state index contributed by atoms with van der Waals surface area (Å²) in [5.41, 5.74) is 3.67. The Balaban J connectivity index is 1.47. The van der Waals surface area contributed by atoms with Crippen LogP contribution in [0.2, 0.25) is 0 Å². The van der Waals surface area contributed by atoms with Crippen LogP contribution < -0.4 is 19.7 Å². The second kappa shape index (κ2) is 10.3. The summed E-state index contributed by atoms with van der Waals surface area (Å²) in [6.07, 6.45) is 0. The van der Waals surface area contributed by atoms with Gasteiger partial charge in [-0.25, -0.2) is 0 Å². The Morgan fingerprint density at radius 2 is 1.89 bits per heavy atom. The number of aryl methyl sites for hydroxylation is 1. The van der Waals surface area contributed by atoms with Crippen LogP contribution in [0.15, 0.2) is 42.5 Å². The molecule has 0 saturated carbocycles. The zero-order chi connectivity index (χ0) is 18.9. The number of benzene rings is 2. The Kier molecular flexibility index (Phi) is 7.51. The zero-order valence-corrected chi connectivity index (χ0v) is 16.5. The molecule has 0 spiro atoms. The smallest absolute Gasteiger partial charge is 0.161 e. The van der Waals surface area contributed by atoms with E-state index in [4.69, 9.17) is 14.2 Å². The maximum atomic E-state index is 5.98. The molecule has 0 unspecified atom stereocenters. The van der Waals surface area contributed by atoms with Crippen molar-refractivity contribution in [1.82, 2.24) is 0 Å². The van der Waals surface area contributed by atoms with Crippen molar-refractivity contribution in [1.29, 1.82) is 0 Å². The zero-order valence-electron chi connectivity index (χ0n) is 16.5. The molecule has 5 nitrogen and oxygen atoms in total. The first-order valence-electron chi connectivity index (χ1n) is 9.83. The minimum Gasteiger partial charge on any atom is -0.493 e. The Labute approximate surface area is 162 Å². The molecule has 0 bridgehead atoms. The number of nitrogens with two attached hydrogens (primary N) is 1. The van der Waals surface area contributed by atoms with Gasteiger partial charge in [0.05, 0.1) is 20.3 Å². The van der Waals surface area contributed by atoms with Gasteiger partial charge >= 0.3 is 0 Å². The number of morpholine rings is 1. The molecule has 146 valence electrons. The molecule has 0 amide bonds. The van der Waals surface area contributed by atoms with Crippen LogP contribution in [0.3, 0.4) is 0 Å². The van der Waals surface area contributed by atoms with Crippen molar-refractivity contribution >= 4 is 0 Å². The summed E-state index contributed by atoms with van der Waals surface area (Å²) >= 11 is 0. The second-order valence-electron chi connectivity index (χ2n) is 7.16. The first kappa shape index (κ1) is 19.7. The maximum absolute atomic E-state index is 5.98. The van der Waals surface area contributed by atoms with Crippen molar-refractivity contribution in [2.24, 2.45) is 0 Å². The van der Waals surface area contributed by atoms with E-state index in [1.807, 2.05) is 6.07 Å². The van der Waals surface area contributed by atoms with Crippen molar-refractivity contribution in [3.05, 3.63) is 59.2 Å². The van der Waals surface area contributed by atoms with E-state index in [1.165, 1.54) is 23.2 Å². The number of nitrogens with one attached hydrogen (secondary N) is 1. The molecule has 1 fully saturated rings. The highest BCUT2D eigenvalue weighted by atomic mass is 16.5. The van der Waals surface area contributed by atoms with Gasteiger partial charge in [-0.3, -0.25) is 0 Å². The van der Waals surface area contributed by atoms with E-state index in [0.29, 0.717) is 6.61 Å².